The lowest BCUT2D eigenvalue weighted by atomic mass is 10.0. The van der Waals surface area contributed by atoms with Crippen LogP contribution in [0.5, 0.6) is 0 Å². The molecule has 1 heterocycles. The van der Waals surface area contributed by atoms with E-state index in [-0.39, 0.29) is 17.0 Å². The Morgan fingerprint density at radius 2 is 1.58 bits per heavy atom. The van der Waals surface area contributed by atoms with Gasteiger partial charge < -0.3 is 15.2 Å². The van der Waals surface area contributed by atoms with Gasteiger partial charge in [0.15, 0.2) is 5.69 Å². The molecule has 0 saturated heterocycles. The first kappa shape index (κ1) is 18.0. The highest BCUT2D eigenvalue weighted by Crippen LogP contribution is 2.33. The molecule has 0 aliphatic heterocycles. The van der Waals surface area contributed by atoms with Gasteiger partial charge in [0.05, 0.1) is 5.56 Å². The van der Waals surface area contributed by atoms with Gasteiger partial charge in [0.2, 0.25) is 5.88 Å². The molecule has 0 aliphatic rings. The Labute approximate surface area is 143 Å². The molecule has 1 aromatic carbocycles. The van der Waals surface area contributed by atoms with Crippen LogP contribution in [0.4, 0.5) is 5.88 Å². The largest absolute Gasteiger partial charge is 0.349 e. The lowest BCUT2D eigenvalue weighted by Crippen LogP contribution is -2.40. The van der Waals surface area contributed by atoms with Gasteiger partial charge in [-0.2, -0.15) is 0 Å². The predicted octanol–water partition coefficient (Wildman–Crippen LogP) is 4.39. The number of carbonyl (C=O) groups excluding carboxylic acids is 1. The molecular formula is C19H27N3O2. The number of carbonyl (C=O) groups is 1. The number of rotatable bonds is 3. The van der Waals surface area contributed by atoms with Gasteiger partial charge in [0.1, 0.15) is 0 Å². The smallest absolute Gasteiger partial charge is 0.274 e. The van der Waals surface area contributed by atoms with Crippen molar-refractivity contribution in [1.82, 2.24) is 10.5 Å². The number of hydrogen-bond donors (Lipinski definition) is 2. The maximum Gasteiger partial charge on any atom is 0.274 e. The van der Waals surface area contributed by atoms with Crippen molar-refractivity contribution in [2.45, 2.75) is 59.5 Å². The first-order chi connectivity index (χ1) is 11.0. The van der Waals surface area contributed by atoms with Crippen molar-refractivity contribution in [2.75, 3.05) is 5.32 Å². The van der Waals surface area contributed by atoms with Crippen LogP contribution < -0.4 is 10.6 Å². The maximum absolute atomic E-state index is 12.6. The van der Waals surface area contributed by atoms with E-state index in [1.165, 1.54) is 0 Å². The Kier molecular flexibility index (Phi) is 4.74. The molecular weight excluding hydrogens is 302 g/mol. The Hall–Kier alpha value is -2.30. The molecule has 130 valence electrons. The second kappa shape index (κ2) is 6.30. The fourth-order valence-electron chi connectivity index (χ4n) is 2.26. The Balaban J connectivity index is 2.51. The number of aryl methyl sites for hydroxylation is 1. The molecule has 24 heavy (non-hydrogen) atoms. The number of nitrogens with one attached hydrogen (secondary N) is 2. The summed E-state index contributed by atoms with van der Waals surface area (Å²) in [7, 11) is 0. The molecule has 0 saturated carbocycles. The zero-order chi connectivity index (χ0) is 18.1. The molecule has 2 N–H and O–H groups in total. The molecule has 0 radical (unpaired) electrons. The normalized spacial score (nSPS) is 12.1. The topological polar surface area (TPSA) is 67.2 Å². The van der Waals surface area contributed by atoms with Crippen LogP contribution in [0.3, 0.4) is 0 Å². The Morgan fingerprint density at radius 3 is 2.08 bits per heavy atom. The first-order valence-corrected chi connectivity index (χ1v) is 8.14. The fourth-order valence-corrected chi connectivity index (χ4v) is 2.26. The van der Waals surface area contributed by atoms with Crippen LogP contribution in [-0.2, 0) is 0 Å². The summed E-state index contributed by atoms with van der Waals surface area (Å²) in [5.74, 6) is 0.259. The van der Waals surface area contributed by atoms with Crippen molar-refractivity contribution in [3.05, 3.63) is 35.5 Å². The lowest BCUT2D eigenvalue weighted by molar-refractivity contribution is 0.0911. The van der Waals surface area contributed by atoms with Crippen LogP contribution in [0.1, 0.15) is 57.6 Å². The third-order valence-corrected chi connectivity index (χ3v) is 3.22. The van der Waals surface area contributed by atoms with Gasteiger partial charge in [-0.05, 0) is 54.0 Å². The summed E-state index contributed by atoms with van der Waals surface area (Å²) in [6.07, 6.45) is 0. The highest BCUT2D eigenvalue weighted by atomic mass is 16.5. The van der Waals surface area contributed by atoms with Crippen LogP contribution in [0.25, 0.3) is 11.1 Å². The molecule has 1 amide bonds. The van der Waals surface area contributed by atoms with Gasteiger partial charge >= 0.3 is 0 Å². The number of aromatic nitrogens is 1. The molecule has 0 spiro atoms. The number of anilines is 1. The van der Waals surface area contributed by atoms with E-state index in [1.54, 1.807) is 0 Å². The van der Waals surface area contributed by atoms with E-state index in [1.807, 2.05) is 72.7 Å². The molecule has 0 bridgehead atoms. The van der Waals surface area contributed by atoms with Crippen LogP contribution >= 0.6 is 0 Å². The van der Waals surface area contributed by atoms with Gasteiger partial charge in [0, 0.05) is 11.1 Å². The number of hydrogen-bond acceptors (Lipinski definition) is 4. The van der Waals surface area contributed by atoms with E-state index in [2.05, 4.69) is 15.8 Å². The van der Waals surface area contributed by atoms with Gasteiger partial charge in [0.25, 0.3) is 5.91 Å². The molecule has 0 atom stereocenters. The first-order valence-electron chi connectivity index (χ1n) is 8.14. The fraction of sp³-hybridized carbons (Fsp3) is 0.474. The highest BCUT2D eigenvalue weighted by molar-refractivity contribution is 6.01. The van der Waals surface area contributed by atoms with Crippen molar-refractivity contribution in [1.29, 1.82) is 0 Å². The molecule has 1 aromatic heterocycles. The van der Waals surface area contributed by atoms with E-state index < -0.39 is 0 Å². The Morgan fingerprint density at radius 1 is 1.00 bits per heavy atom. The molecule has 0 fully saturated rings. The van der Waals surface area contributed by atoms with Crippen molar-refractivity contribution in [3.63, 3.8) is 0 Å². The molecule has 0 aliphatic carbocycles. The maximum atomic E-state index is 12.6. The summed E-state index contributed by atoms with van der Waals surface area (Å²) < 4.78 is 5.47. The Bertz CT molecular complexity index is 717. The third-order valence-electron chi connectivity index (χ3n) is 3.22. The molecule has 2 aromatic rings. The third kappa shape index (κ3) is 4.60. The molecule has 5 heteroatoms. The van der Waals surface area contributed by atoms with E-state index >= 15 is 0 Å². The van der Waals surface area contributed by atoms with Crippen LogP contribution in [0.2, 0.25) is 0 Å². The van der Waals surface area contributed by atoms with Crippen molar-refractivity contribution in [2.24, 2.45) is 0 Å². The van der Waals surface area contributed by atoms with E-state index in [9.17, 15) is 4.79 Å². The highest BCUT2D eigenvalue weighted by Gasteiger charge is 2.27. The van der Waals surface area contributed by atoms with E-state index in [0.717, 1.165) is 11.1 Å². The van der Waals surface area contributed by atoms with E-state index in [0.29, 0.717) is 17.1 Å². The number of nitrogens with zero attached hydrogens (tertiary/aromatic N) is 1. The van der Waals surface area contributed by atoms with Gasteiger partial charge in [-0.3, -0.25) is 4.79 Å². The predicted molar refractivity (Wildman–Crippen MR) is 97.3 cm³/mol. The average Bonchev–Trinajstić information content (AvgIpc) is 2.79. The second-order valence-electron chi connectivity index (χ2n) is 8.18. The van der Waals surface area contributed by atoms with Crippen LogP contribution in [-0.4, -0.2) is 22.1 Å². The van der Waals surface area contributed by atoms with Gasteiger partial charge in [-0.1, -0.05) is 35.0 Å². The van der Waals surface area contributed by atoms with E-state index in [4.69, 9.17) is 4.52 Å². The van der Waals surface area contributed by atoms with Gasteiger partial charge in [-0.15, -0.1) is 0 Å². The summed E-state index contributed by atoms with van der Waals surface area (Å²) in [5.41, 5.74) is 2.47. The van der Waals surface area contributed by atoms with Crippen LogP contribution in [0.15, 0.2) is 28.8 Å². The summed E-state index contributed by atoms with van der Waals surface area (Å²) in [6, 6.07) is 7.97. The quantitative estimate of drug-likeness (QED) is 0.876. The zero-order valence-electron chi connectivity index (χ0n) is 15.6. The second-order valence-corrected chi connectivity index (χ2v) is 8.18. The van der Waals surface area contributed by atoms with Crippen molar-refractivity contribution < 1.29 is 9.32 Å². The summed E-state index contributed by atoms with van der Waals surface area (Å²) in [4.78, 5) is 12.6. The van der Waals surface area contributed by atoms with Crippen molar-refractivity contribution >= 4 is 11.8 Å². The molecule has 0 unspecified atom stereocenters. The van der Waals surface area contributed by atoms with Crippen molar-refractivity contribution in [3.8, 4) is 11.1 Å². The molecule has 5 nitrogen and oxygen atoms in total. The number of benzene rings is 1. The summed E-state index contributed by atoms with van der Waals surface area (Å²) >= 11 is 0. The zero-order valence-corrected chi connectivity index (χ0v) is 15.6. The monoisotopic (exact) mass is 329 g/mol. The molecule has 2 rings (SSSR count). The lowest BCUT2D eigenvalue weighted by Gasteiger charge is -2.21. The van der Waals surface area contributed by atoms with Crippen LogP contribution in [0, 0.1) is 6.92 Å². The SMILES string of the molecule is Cc1ccc(-c2c(C(=O)NC(C)(C)C)noc2NC(C)(C)C)cc1. The summed E-state index contributed by atoms with van der Waals surface area (Å²) in [5, 5.41) is 10.3. The standard InChI is InChI=1S/C19H27N3O2/c1-12-8-10-13(11-9-12)14-15(16(23)20-18(2,3)4)22-24-17(14)21-19(5,6)7/h8-11,21H,1-7H3,(H,20,23). The van der Waals surface area contributed by atoms with Gasteiger partial charge in [-0.25, -0.2) is 0 Å². The number of amides is 1. The average molecular weight is 329 g/mol. The minimum atomic E-state index is -0.349. The minimum absolute atomic E-state index is 0.212. The summed E-state index contributed by atoms with van der Waals surface area (Å²) in [6.45, 7) is 13.9. The minimum Gasteiger partial charge on any atom is -0.349 e.